The molecule has 10 nitrogen and oxygen atoms in total. The number of benzene rings is 3. The van der Waals surface area contributed by atoms with Gasteiger partial charge in [0.2, 0.25) is 21.8 Å². The molecule has 0 aliphatic carbocycles. The zero-order chi connectivity index (χ0) is 28.1. The Morgan fingerprint density at radius 3 is 1.92 bits per heavy atom. The molecule has 3 rings (SSSR count). The molecule has 0 fully saturated rings. The molecule has 39 heavy (non-hydrogen) atoms. The molecular formula is C28H32N4O6S. The van der Waals surface area contributed by atoms with Crippen LogP contribution >= 0.6 is 0 Å². The van der Waals surface area contributed by atoms with Crippen LogP contribution in [0.3, 0.4) is 0 Å². The number of amides is 3. The summed E-state index contributed by atoms with van der Waals surface area (Å²) < 4.78 is 32.7. The molecule has 0 aliphatic rings. The van der Waals surface area contributed by atoms with Crippen molar-refractivity contribution in [3.8, 4) is 0 Å². The van der Waals surface area contributed by atoms with Crippen LogP contribution in [0.1, 0.15) is 24.0 Å². The Balaban J connectivity index is 1.63. The van der Waals surface area contributed by atoms with Gasteiger partial charge in [-0.2, -0.15) is 0 Å². The summed E-state index contributed by atoms with van der Waals surface area (Å²) in [5.41, 5.74) is 7.09. The summed E-state index contributed by atoms with van der Waals surface area (Å²) >= 11 is 0. The third-order valence-corrected chi connectivity index (χ3v) is 7.26. The zero-order valence-corrected chi connectivity index (χ0v) is 22.1. The summed E-state index contributed by atoms with van der Waals surface area (Å²) in [7, 11) is -3.73. The molecule has 0 unspecified atom stereocenters. The van der Waals surface area contributed by atoms with E-state index < -0.39 is 40.0 Å². The average Bonchev–Trinajstić information content (AvgIpc) is 2.94. The number of sulfonamides is 1. The minimum atomic E-state index is -3.73. The second-order valence-corrected chi connectivity index (χ2v) is 10.5. The molecule has 206 valence electrons. The highest BCUT2D eigenvalue weighted by atomic mass is 32.2. The third kappa shape index (κ3) is 9.87. The highest BCUT2D eigenvalue weighted by Gasteiger charge is 2.26. The molecule has 11 heteroatoms. The molecule has 2 atom stereocenters. The molecule has 0 aliphatic heterocycles. The summed E-state index contributed by atoms with van der Waals surface area (Å²) in [6.45, 7) is 0.0147. The van der Waals surface area contributed by atoms with Gasteiger partial charge < -0.3 is 21.1 Å². The zero-order valence-electron chi connectivity index (χ0n) is 21.3. The first-order valence-electron chi connectivity index (χ1n) is 12.4. The third-order valence-electron chi connectivity index (χ3n) is 5.78. The topological polar surface area (TPSA) is 157 Å². The highest BCUT2D eigenvalue weighted by Crippen LogP contribution is 2.09. The van der Waals surface area contributed by atoms with Crippen LogP contribution in [-0.4, -0.2) is 45.0 Å². The minimum Gasteiger partial charge on any atom is -0.445 e. The van der Waals surface area contributed by atoms with Gasteiger partial charge in [0.1, 0.15) is 18.7 Å². The van der Waals surface area contributed by atoms with Crippen LogP contribution in [0.25, 0.3) is 0 Å². The van der Waals surface area contributed by atoms with E-state index in [2.05, 4.69) is 15.4 Å². The summed E-state index contributed by atoms with van der Waals surface area (Å²) in [6, 6.07) is 23.8. The average molecular weight is 553 g/mol. The van der Waals surface area contributed by atoms with Crippen molar-refractivity contribution in [1.29, 1.82) is 0 Å². The lowest BCUT2D eigenvalue weighted by molar-refractivity contribution is -0.128. The lowest BCUT2D eigenvalue weighted by atomic mass is 10.0. The van der Waals surface area contributed by atoms with Gasteiger partial charge in [-0.1, -0.05) is 78.9 Å². The number of rotatable bonds is 14. The number of carbonyl (C=O) groups is 3. The van der Waals surface area contributed by atoms with Crippen LogP contribution in [0.2, 0.25) is 0 Å². The molecule has 0 radical (unpaired) electrons. The van der Waals surface area contributed by atoms with Gasteiger partial charge in [-0.15, -0.1) is 0 Å². The van der Waals surface area contributed by atoms with E-state index in [0.717, 1.165) is 11.1 Å². The van der Waals surface area contributed by atoms with Gasteiger partial charge in [-0.25, -0.2) is 17.9 Å². The second-order valence-electron chi connectivity index (χ2n) is 8.76. The van der Waals surface area contributed by atoms with Gasteiger partial charge in [0.05, 0.1) is 4.90 Å². The fraction of sp³-hybridized carbons (Fsp3) is 0.250. The molecular weight excluding hydrogens is 520 g/mol. The largest absolute Gasteiger partial charge is 0.445 e. The van der Waals surface area contributed by atoms with E-state index >= 15 is 0 Å². The van der Waals surface area contributed by atoms with E-state index in [1.165, 1.54) is 12.1 Å². The molecule has 0 bridgehead atoms. The quantitative estimate of drug-likeness (QED) is 0.225. The maximum atomic E-state index is 13.1. The molecule has 5 N–H and O–H groups in total. The van der Waals surface area contributed by atoms with Crippen molar-refractivity contribution in [2.24, 2.45) is 5.73 Å². The number of hydrogen-bond acceptors (Lipinski definition) is 6. The summed E-state index contributed by atoms with van der Waals surface area (Å²) in [6.07, 6.45) is -0.379. The van der Waals surface area contributed by atoms with Crippen molar-refractivity contribution in [2.75, 3.05) is 6.54 Å². The first kappa shape index (κ1) is 29.3. The molecule has 3 aromatic carbocycles. The SMILES string of the molecule is NC(=O)[C@H](Cc1ccccc1)NC(=O)[C@H](CCCNS(=O)(=O)c1ccccc1)NC(=O)OCc1ccccc1. The number of carbonyl (C=O) groups excluding carboxylic acids is 3. The standard InChI is InChI=1S/C28H32N4O6S/c29-26(33)25(19-21-11-4-1-5-12-21)31-27(34)24(32-28(35)38-20-22-13-6-2-7-14-22)17-10-18-30-39(36,37)23-15-8-3-9-16-23/h1-9,11-16,24-25,30H,10,17-20H2,(H2,29,33)(H,31,34)(H,32,35)/t24-,25-/m0/s1. The summed E-state index contributed by atoms with van der Waals surface area (Å²) in [5, 5.41) is 5.13. The van der Waals surface area contributed by atoms with Crippen LogP contribution in [0.4, 0.5) is 4.79 Å². The maximum absolute atomic E-state index is 13.1. The van der Waals surface area contributed by atoms with Crippen molar-refractivity contribution in [1.82, 2.24) is 15.4 Å². The summed E-state index contributed by atoms with van der Waals surface area (Å²) in [4.78, 5) is 37.8. The Morgan fingerprint density at radius 2 is 1.33 bits per heavy atom. The first-order chi connectivity index (χ1) is 18.7. The van der Waals surface area contributed by atoms with Crippen LogP contribution in [0.15, 0.2) is 95.9 Å². The number of alkyl carbamates (subject to hydrolysis) is 1. The lowest BCUT2D eigenvalue weighted by Crippen LogP contribution is -2.53. The first-order valence-corrected chi connectivity index (χ1v) is 13.9. The van der Waals surface area contributed by atoms with Crippen LogP contribution in [0.5, 0.6) is 0 Å². The Kier molecular flexibility index (Phi) is 11.0. The molecule has 0 saturated carbocycles. The molecule has 0 heterocycles. The van der Waals surface area contributed by atoms with Crippen LogP contribution in [-0.2, 0) is 37.4 Å². The van der Waals surface area contributed by atoms with E-state index in [1.54, 1.807) is 66.7 Å². The molecule has 0 spiro atoms. The number of nitrogens with one attached hydrogen (secondary N) is 3. The number of primary amides is 1. The van der Waals surface area contributed by atoms with Gasteiger partial charge in [0, 0.05) is 13.0 Å². The van der Waals surface area contributed by atoms with E-state index in [0.29, 0.717) is 0 Å². The normalized spacial score (nSPS) is 12.6. The Labute approximate surface area is 228 Å². The number of nitrogens with two attached hydrogens (primary N) is 1. The summed E-state index contributed by atoms with van der Waals surface area (Å²) in [5.74, 6) is -1.37. The smallest absolute Gasteiger partial charge is 0.408 e. The molecule has 3 amide bonds. The van der Waals surface area contributed by atoms with Crippen molar-refractivity contribution < 1.29 is 27.5 Å². The monoisotopic (exact) mass is 552 g/mol. The van der Waals surface area contributed by atoms with Gasteiger partial charge >= 0.3 is 6.09 Å². The van der Waals surface area contributed by atoms with Gasteiger partial charge in [-0.05, 0) is 36.1 Å². The van der Waals surface area contributed by atoms with Crippen molar-refractivity contribution in [2.45, 2.75) is 42.8 Å². The number of hydrogen-bond donors (Lipinski definition) is 4. The second kappa shape index (κ2) is 14.6. The predicted molar refractivity (Wildman–Crippen MR) is 146 cm³/mol. The van der Waals surface area contributed by atoms with Gasteiger partial charge in [0.15, 0.2) is 0 Å². The van der Waals surface area contributed by atoms with Crippen molar-refractivity contribution in [3.63, 3.8) is 0 Å². The molecule has 3 aromatic rings. The van der Waals surface area contributed by atoms with E-state index in [4.69, 9.17) is 10.5 Å². The highest BCUT2D eigenvalue weighted by molar-refractivity contribution is 7.89. The molecule has 0 saturated heterocycles. The van der Waals surface area contributed by atoms with Crippen LogP contribution in [0, 0.1) is 0 Å². The maximum Gasteiger partial charge on any atom is 0.408 e. The van der Waals surface area contributed by atoms with Crippen LogP contribution < -0.4 is 21.1 Å². The van der Waals surface area contributed by atoms with Crippen molar-refractivity contribution >= 4 is 27.9 Å². The van der Waals surface area contributed by atoms with E-state index in [-0.39, 0.29) is 37.3 Å². The molecule has 0 aromatic heterocycles. The lowest BCUT2D eigenvalue weighted by Gasteiger charge is -2.22. The fourth-order valence-corrected chi connectivity index (χ4v) is 4.81. The van der Waals surface area contributed by atoms with Crippen molar-refractivity contribution in [3.05, 3.63) is 102 Å². The van der Waals surface area contributed by atoms with Gasteiger partial charge in [-0.3, -0.25) is 9.59 Å². The minimum absolute atomic E-state index is 0.00416. The van der Waals surface area contributed by atoms with Gasteiger partial charge in [0.25, 0.3) is 0 Å². The Hall–Kier alpha value is -4.22. The Bertz CT molecular complexity index is 1320. The Morgan fingerprint density at radius 1 is 0.769 bits per heavy atom. The predicted octanol–water partition coefficient (Wildman–Crippen LogP) is 2.25. The van der Waals surface area contributed by atoms with E-state index in [9.17, 15) is 22.8 Å². The van der Waals surface area contributed by atoms with E-state index in [1.807, 2.05) is 12.1 Å². The number of ether oxygens (including phenoxy) is 1. The fourth-order valence-electron chi connectivity index (χ4n) is 3.72.